The summed E-state index contributed by atoms with van der Waals surface area (Å²) in [6.45, 7) is 6.33. The molecule has 1 saturated heterocycles. The van der Waals surface area contributed by atoms with Gasteiger partial charge in [0, 0.05) is 42.2 Å². The lowest BCUT2D eigenvalue weighted by molar-refractivity contribution is 0.0826. The number of allylic oxidation sites excluding steroid dienone is 1. The summed E-state index contributed by atoms with van der Waals surface area (Å²) in [4.78, 5) is 27.4. The number of terminal acetylenes is 1. The quantitative estimate of drug-likeness (QED) is 0.451. The first-order valence-corrected chi connectivity index (χ1v) is 11.1. The van der Waals surface area contributed by atoms with Crippen LogP contribution in [0.15, 0.2) is 49.1 Å². The van der Waals surface area contributed by atoms with Crippen LogP contribution in [-0.4, -0.2) is 36.9 Å². The van der Waals surface area contributed by atoms with Gasteiger partial charge in [-0.1, -0.05) is 18.7 Å². The van der Waals surface area contributed by atoms with Gasteiger partial charge in [0.05, 0.1) is 11.1 Å². The number of nitrogens with two attached hydrogens (primary N) is 1. The van der Waals surface area contributed by atoms with Gasteiger partial charge in [-0.15, -0.1) is 6.42 Å². The lowest BCUT2D eigenvalue weighted by Crippen LogP contribution is -2.25. The molecule has 0 spiro atoms. The zero-order valence-electron chi connectivity index (χ0n) is 19.5. The fourth-order valence-electron chi connectivity index (χ4n) is 4.70. The van der Waals surface area contributed by atoms with Crippen LogP contribution in [0.5, 0.6) is 0 Å². The first-order chi connectivity index (χ1) is 16.8. The number of hydrogen-bond acceptors (Lipinski definition) is 5. The van der Waals surface area contributed by atoms with Crippen LogP contribution in [0.1, 0.15) is 34.5 Å². The van der Waals surface area contributed by atoms with Crippen molar-refractivity contribution in [2.24, 2.45) is 7.05 Å². The van der Waals surface area contributed by atoms with Crippen molar-refractivity contribution in [1.29, 1.82) is 0 Å². The number of amides is 1. The summed E-state index contributed by atoms with van der Waals surface area (Å²) < 4.78 is 16.8. The van der Waals surface area contributed by atoms with Gasteiger partial charge in [-0.3, -0.25) is 4.79 Å². The number of halogens is 1. The van der Waals surface area contributed by atoms with Gasteiger partial charge in [-0.2, -0.15) is 0 Å². The summed E-state index contributed by atoms with van der Waals surface area (Å²) in [6, 6.07) is 7.26. The zero-order chi connectivity index (χ0) is 24.9. The molecule has 5 rings (SSSR count). The van der Waals surface area contributed by atoms with Gasteiger partial charge < -0.3 is 15.2 Å². The van der Waals surface area contributed by atoms with E-state index < -0.39 is 5.82 Å². The summed E-state index contributed by atoms with van der Waals surface area (Å²) in [5.74, 6) is 1.95. The standard InChI is InChI=1S/C27H23FN6O/c1-5-20-23(28)16(3)19(13-30-20)24-21(22-25(29)31-14-32-26(22)33(24)4)17-8-10-18(11-9-17)27(35)34-12-6-7-15(34)2/h1,8-11,13-14H,2,6-7,12H2,3-4H3,(H2,29,31,32). The van der Waals surface area contributed by atoms with Crippen LogP contribution in [0, 0.1) is 25.1 Å². The summed E-state index contributed by atoms with van der Waals surface area (Å²) in [5, 5.41) is 0.637. The number of hydrogen-bond donors (Lipinski definition) is 1. The molecule has 7 nitrogen and oxygen atoms in total. The molecule has 0 bridgehead atoms. The van der Waals surface area contributed by atoms with Gasteiger partial charge in [0.1, 0.15) is 23.5 Å². The van der Waals surface area contributed by atoms with Crippen LogP contribution in [0.4, 0.5) is 10.2 Å². The Morgan fingerprint density at radius 1 is 1.23 bits per heavy atom. The molecular weight excluding hydrogens is 443 g/mol. The molecule has 0 aliphatic carbocycles. The first kappa shape index (κ1) is 22.3. The highest BCUT2D eigenvalue weighted by molar-refractivity contribution is 6.08. The minimum atomic E-state index is -0.549. The number of nitrogens with zero attached hydrogens (tertiary/aromatic N) is 5. The van der Waals surface area contributed by atoms with Crippen LogP contribution >= 0.6 is 0 Å². The Labute approximate surface area is 202 Å². The van der Waals surface area contributed by atoms with E-state index in [4.69, 9.17) is 12.2 Å². The second-order valence-electron chi connectivity index (χ2n) is 8.55. The van der Waals surface area contributed by atoms with Gasteiger partial charge in [0.2, 0.25) is 0 Å². The number of carbonyl (C=O) groups is 1. The summed E-state index contributed by atoms with van der Waals surface area (Å²) in [7, 11) is 1.83. The van der Waals surface area contributed by atoms with E-state index in [0.29, 0.717) is 45.8 Å². The van der Waals surface area contributed by atoms with Gasteiger partial charge in [0.25, 0.3) is 5.91 Å². The van der Waals surface area contributed by atoms with Crippen molar-refractivity contribution >= 4 is 22.8 Å². The molecule has 0 saturated carbocycles. The maximum absolute atomic E-state index is 15.0. The topological polar surface area (TPSA) is 89.9 Å². The van der Waals surface area contributed by atoms with Gasteiger partial charge >= 0.3 is 0 Å². The van der Waals surface area contributed by atoms with Crippen molar-refractivity contribution in [2.75, 3.05) is 12.3 Å². The Hall–Kier alpha value is -4.51. The summed E-state index contributed by atoms with van der Waals surface area (Å²) in [6.07, 6.45) is 10.1. The van der Waals surface area contributed by atoms with E-state index in [0.717, 1.165) is 29.7 Å². The number of rotatable bonds is 3. The molecule has 1 fully saturated rings. The van der Waals surface area contributed by atoms with E-state index in [1.165, 1.54) is 6.33 Å². The van der Waals surface area contributed by atoms with Gasteiger partial charge in [-0.25, -0.2) is 19.3 Å². The first-order valence-electron chi connectivity index (χ1n) is 11.1. The predicted molar refractivity (Wildman–Crippen MR) is 134 cm³/mol. The Morgan fingerprint density at radius 3 is 2.63 bits per heavy atom. The molecular formula is C27H23FN6O. The average Bonchev–Trinajstić information content (AvgIpc) is 3.42. The van der Waals surface area contributed by atoms with E-state index in [9.17, 15) is 9.18 Å². The molecule has 0 unspecified atom stereocenters. The zero-order valence-corrected chi connectivity index (χ0v) is 19.5. The molecule has 3 aromatic heterocycles. The minimum Gasteiger partial charge on any atom is -0.383 e. The number of nitrogen functional groups attached to an aromatic ring is 1. The van der Waals surface area contributed by atoms with E-state index >= 15 is 0 Å². The molecule has 4 aromatic rings. The SMILES string of the molecule is C#Cc1ncc(-c2c(-c3ccc(C(=O)N4CCCC4=C)cc3)c3c(N)ncnc3n2C)c(C)c1F. The normalized spacial score (nSPS) is 13.4. The van der Waals surface area contributed by atoms with Crippen molar-refractivity contribution in [3.05, 3.63) is 71.7 Å². The second-order valence-corrected chi connectivity index (χ2v) is 8.55. The third kappa shape index (κ3) is 3.44. The van der Waals surface area contributed by atoms with Crippen molar-refractivity contribution in [1.82, 2.24) is 24.4 Å². The minimum absolute atomic E-state index is 0.0442. The number of pyridine rings is 1. The Morgan fingerprint density at radius 2 is 1.97 bits per heavy atom. The van der Waals surface area contributed by atoms with E-state index in [-0.39, 0.29) is 11.6 Å². The number of aromatic nitrogens is 4. The third-order valence-electron chi connectivity index (χ3n) is 6.55. The maximum atomic E-state index is 15.0. The lowest BCUT2D eigenvalue weighted by atomic mass is 9.96. The molecule has 1 amide bonds. The highest BCUT2D eigenvalue weighted by Gasteiger charge is 2.26. The summed E-state index contributed by atoms with van der Waals surface area (Å²) in [5.41, 5.74) is 11.3. The van der Waals surface area contributed by atoms with Gasteiger partial charge in [0.15, 0.2) is 5.82 Å². The third-order valence-corrected chi connectivity index (χ3v) is 6.55. The van der Waals surface area contributed by atoms with Crippen LogP contribution in [-0.2, 0) is 7.05 Å². The van der Waals surface area contributed by atoms with E-state index in [1.807, 2.05) is 23.7 Å². The van der Waals surface area contributed by atoms with E-state index in [2.05, 4.69) is 27.5 Å². The summed E-state index contributed by atoms with van der Waals surface area (Å²) >= 11 is 0. The van der Waals surface area contributed by atoms with Crippen molar-refractivity contribution < 1.29 is 9.18 Å². The molecule has 174 valence electrons. The van der Waals surface area contributed by atoms with E-state index in [1.54, 1.807) is 30.2 Å². The molecule has 2 N–H and O–H groups in total. The van der Waals surface area contributed by atoms with Crippen LogP contribution < -0.4 is 5.73 Å². The highest BCUT2D eigenvalue weighted by atomic mass is 19.1. The largest absolute Gasteiger partial charge is 0.383 e. The molecule has 0 radical (unpaired) electrons. The van der Waals surface area contributed by atoms with Crippen molar-refractivity contribution in [3.63, 3.8) is 0 Å². The average molecular weight is 467 g/mol. The molecule has 1 aliphatic rings. The number of carbonyl (C=O) groups excluding carboxylic acids is 1. The number of fused-ring (bicyclic) bond motifs is 1. The highest BCUT2D eigenvalue weighted by Crippen LogP contribution is 2.42. The smallest absolute Gasteiger partial charge is 0.257 e. The fourth-order valence-corrected chi connectivity index (χ4v) is 4.70. The molecule has 8 heteroatoms. The lowest BCUT2D eigenvalue weighted by Gasteiger charge is -2.17. The number of benzene rings is 1. The number of anilines is 1. The monoisotopic (exact) mass is 466 g/mol. The Kier molecular flexibility index (Phi) is 5.33. The van der Waals surface area contributed by atoms with Crippen LogP contribution in [0.25, 0.3) is 33.4 Å². The van der Waals surface area contributed by atoms with Gasteiger partial charge in [-0.05, 0) is 48.9 Å². The predicted octanol–water partition coefficient (Wildman–Crippen LogP) is 4.46. The molecule has 1 aromatic carbocycles. The van der Waals surface area contributed by atoms with Crippen molar-refractivity contribution in [3.8, 4) is 34.7 Å². The second kappa shape index (κ2) is 8.37. The number of aryl methyl sites for hydroxylation is 1. The molecule has 0 atom stereocenters. The number of likely N-dealkylation sites (tertiary alicyclic amines) is 1. The molecule has 1 aliphatic heterocycles. The van der Waals surface area contributed by atoms with Crippen molar-refractivity contribution in [2.45, 2.75) is 19.8 Å². The Bertz CT molecular complexity index is 1560. The maximum Gasteiger partial charge on any atom is 0.257 e. The molecule has 4 heterocycles. The van der Waals surface area contributed by atoms with Crippen LogP contribution in [0.3, 0.4) is 0 Å². The fraction of sp³-hybridized carbons (Fsp3) is 0.185. The Balaban J connectivity index is 1.71. The van der Waals surface area contributed by atoms with Crippen LogP contribution in [0.2, 0.25) is 0 Å². The molecule has 35 heavy (non-hydrogen) atoms.